The van der Waals surface area contributed by atoms with Crippen molar-refractivity contribution in [1.29, 1.82) is 0 Å². The topological polar surface area (TPSA) is 39.2 Å². The summed E-state index contributed by atoms with van der Waals surface area (Å²) < 4.78 is 8.76. The van der Waals surface area contributed by atoms with Crippen LogP contribution in [0.15, 0.2) is 24.3 Å². The second kappa shape index (κ2) is 3.14. The first-order valence-electron chi connectivity index (χ1n) is 3.75. The first kappa shape index (κ1) is 8.19. The highest BCUT2D eigenvalue weighted by Crippen LogP contribution is 2.22. The second-order valence-electron chi connectivity index (χ2n) is 2.52. The van der Waals surface area contributed by atoms with Crippen molar-refractivity contribution in [2.75, 3.05) is 7.11 Å². The van der Waals surface area contributed by atoms with Gasteiger partial charge in [-0.25, -0.2) is 4.79 Å². The summed E-state index contributed by atoms with van der Waals surface area (Å²) in [6, 6.07) is 7.51. The lowest BCUT2D eigenvalue weighted by atomic mass is 10.2. The minimum absolute atomic E-state index is 0.321. The number of nitrogens with zero attached hydrogens (tertiary/aromatic N) is 1. The van der Waals surface area contributed by atoms with Crippen molar-refractivity contribution in [2.45, 2.75) is 0 Å². The van der Waals surface area contributed by atoms with E-state index in [0.717, 1.165) is 10.9 Å². The van der Waals surface area contributed by atoms with E-state index in [2.05, 4.69) is 9.11 Å². The Morgan fingerprint density at radius 1 is 1.46 bits per heavy atom. The molecule has 0 bridgehead atoms. The molecule has 0 saturated heterocycles. The van der Waals surface area contributed by atoms with E-state index in [9.17, 15) is 4.79 Å². The fourth-order valence-electron chi connectivity index (χ4n) is 1.13. The normalized spacial score (nSPS) is 10.2. The molecule has 2 rings (SSSR count). The number of carbonyl (C=O) groups is 1. The van der Waals surface area contributed by atoms with E-state index in [1.165, 1.54) is 18.6 Å². The van der Waals surface area contributed by atoms with Gasteiger partial charge in [0.15, 0.2) is 0 Å². The Morgan fingerprint density at radius 2 is 2.23 bits per heavy atom. The molecule has 0 aliphatic carbocycles. The highest BCUT2D eigenvalue weighted by atomic mass is 32.1. The third-order valence-electron chi connectivity index (χ3n) is 1.75. The van der Waals surface area contributed by atoms with Crippen LogP contribution in [0.2, 0.25) is 0 Å². The molecule has 0 N–H and O–H groups in total. The number of hydrogen-bond acceptors (Lipinski definition) is 4. The molecule has 2 aromatic rings. The molecule has 3 nitrogen and oxygen atoms in total. The van der Waals surface area contributed by atoms with E-state index in [1.54, 1.807) is 0 Å². The van der Waals surface area contributed by atoms with Crippen LogP contribution in [0.3, 0.4) is 0 Å². The van der Waals surface area contributed by atoms with Crippen LogP contribution in [-0.4, -0.2) is 17.5 Å². The molecule has 0 unspecified atom stereocenters. The summed E-state index contributed by atoms with van der Waals surface area (Å²) in [6.45, 7) is 0. The van der Waals surface area contributed by atoms with Crippen LogP contribution < -0.4 is 0 Å². The largest absolute Gasteiger partial charge is 0.465 e. The van der Waals surface area contributed by atoms with Crippen molar-refractivity contribution in [3.05, 3.63) is 29.1 Å². The third kappa shape index (κ3) is 1.29. The van der Waals surface area contributed by atoms with Crippen molar-refractivity contribution >= 4 is 28.4 Å². The molecule has 4 heteroatoms. The number of methoxy groups -OCH3 is 1. The number of fused-ring (bicyclic) bond motifs is 1. The van der Waals surface area contributed by atoms with Gasteiger partial charge in [-0.05, 0) is 17.6 Å². The zero-order valence-corrected chi connectivity index (χ0v) is 7.80. The maximum atomic E-state index is 11.2. The van der Waals surface area contributed by atoms with Gasteiger partial charge in [-0.2, -0.15) is 4.37 Å². The molecular formula is C9H7NO2S. The maximum Gasteiger partial charge on any atom is 0.350 e. The number of ether oxygens (including phenoxy) is 1. The Morgan fingerprint density at radius 3 is 3.00 bits per heavy atom. The predicted molar refractivity (Wildman–Crippen MR) is 51.0 cm³/mol. The Balaban J connectivity index is 2.64. The molecule has 0 fully saturated rings. The molecule has 0 atom stereocenters. The molecule has 1 aromatic heterocycles. The standard InChI is InChI=1S/C9H7NO2S/c1-12-9(11)8-6-4-2-3-5-7(6)10-13-8/h2-5H,1H3. The van der Waals surface area contributed by atoms with Gasteiger partial charge >= 0.3 is 5.97 Å². The predicted octanol–water partition coefficient (Wildman–Crippen LogP) is 2.08. The van der Waals surface area contributed by atoms with Crippen molar-refractivity contribution in [3.8, 4) is 0 Å². The molecule has 13 heavy (non-hydrogen) atoms. The van der Waals surface area contributed by atoms with E-state index in [4.69, 9.17) is 0 Å². The molecule has 0 aliphatic rings. The summed E-state index contributed by atoms with van der Waals surface area (Å²) >= 11 is 1.17. The van der Waals surface area contributed by atoms with E-state index in [1.807, 2.05) is 24.3 Å². The molecular weight excluding hydrogens is 186 g/mol. The number of hydrogen-bond donors (Lipinski definition) is 0. The zero-order valence-electron chi connectivity index (χ0n) is 6.98. The van der Waals surface area contributed by atoms with Gasteiger partial charge in [-0.3, -0.25) is 0 Å². The SMILES string of the molecule is COC(=O)c1snc2ccccc12. The van der Waals surface area contributed by atoms with Gasteiger partial charge in [0.25, 0.3) is 0 Å². The van der Waals surface area contributed by atoms with Crippen molar-refractivity contribution in [1.82, 2.24) is 4.37 Å². The second-order valence-corrected chi connectivity index (χ2v) is 3.29. The monoisotopic (exact) mass is 193 g/mol. The lowest BCUT2D eigenvalue weighted by molar-refractivity contribution is 0.0608. The fourth-order valence-corrected chi connectivity index (χ4v) is 1.91. The molecule has 0 radical (unpaired) electrons. The molecule has 1 aromatic carbocycles. The first-order valence-corrected chi connectivity index (χ1v) is 4.53. The van der Waals surface area contributed by atoms with Gasteiger partial charge in [0, 0.05) is 5.39 Å². The van der Waals surface area contributed by atoms with E-state index in [-0.39, 0.29) is 5.97 Å². The van der Waals surface area contributed by atoms with Gasteiger partial charge in [-0.15, -0.1) is 0 Å². The third-order valence-corrected chi connectivity index (χ3v) is 2.61. The van der Waals surface area contributed by atoms with Gasteiger partial charge in [0.05, 0.1) is 12.6 Å². The fraction of sp³-hybridized carbons (Fsp3) is 0.111. The molecule has 0 saturated carbocycles. The Kier molecular flexibility index (Phi) is 1.98. The van der Waals surface area contributed by atoms with Crippen LogP contribution in [0.1, 0.15) is 9.67 Å². The Bertz CT molecular complexity index is 450. The Hall–Kier alpha value is -1.42. The molecule has 1 heterocycles. The lowest BCUT2D eigenvalue weighted by Gasteiger charge is -1.93. The smallest absolute Gasteiger partial charge is 0.350 e. The molecule has 0 amide bonds. The van der Waals surface area contributed by atoms with E-state index in [0.29, 0.717) is 4.88 Å². The van der Waals surface area contributed by atoms with Crippen LogP contribution in [0.25, 0.3) is 10.9 Å². The Labute approximate surface area is 79.1 Å². The van der Waals surface area contributed by atoms with E-state index >= 15 is 0 Å². The first-order chi connectivity index (χ1) is 6.33. The summed E-state index contributed by atoms with van der Waals surface area (Å²) in [5.74, 6) is -0.321. The van der Waals surface area contributed by atoms with Crippen molar-refractivity contribution < 1.29 is 9.53 Å². The van der Waals surface area contributed by atoms with Crippen LogP contribution in [0.5, 0.6) is 0 Å². The summed E-state index contributed by atoms with van der Waals surface area (Å²) in [5, 5.41) is 0.861. The summed E-state index contributed by atoms with van der Waals surface area (Å²) in [6.07, 6.45) is 0. The van der Waals surface area contributed by atoms with Crippen LogP contribution in [-0.2, 0) is 4.74 Å². The average Bonchev–Trinajstić information content (AvgIpc) is 2.60. The number of carbonyl (C=O) groups excluding carboxylic acids is 1. The highest BCUT2D eigenvalue weighted by Gasteiger charge is 2.12. The van der Waals surface area contributed by atoms with Gasteiger partial charge < -0.3 is 4.74 Å². The average molecular weight is 193 g/mol. The maximum absolute atomic E-state index is 11.2. The zero-order chi connectivity index (χ0) is 9.26. The number of aromatic nitrogens is 1. The molecule has 66 valence electrons. The van der Waals surface area contributed by atoms with Crippen molar-refractivity contribution in [2.24, 2.45) is 0 Å². The minimum atomic E-state index is -0.321. The van der Waals surface area contributed by atoms with Crippen LogP contribution >= 0.6 is 11.5 Å². The van der Waals surface area contributed by atoms with Gasteiger partial charge in [0.2, 0.25) is 0 Å². The van der Waals surface area contributed by atoms with Crippen LogP contribution in [0, 0.1) is 0 Å². The molecule has 0 spiro atoms. The quantitative estimate of drug-likeness (QED) is 0.651. The van der Waals surface area contributed by atoms with Gasteiger partial charge in [-0.1, -0.05) is 18.2 Å². The van der Waals surface area contributed by atoms with Crippen molar-refractivity contribution in [3.63, 3.8) is 0 Å². The lowest BCUT2D eigenvalue weighted by Crippen LogP contribution is -1.97. The number of rotatable bonds is 1. The molecule has 0 aliphatic heterocycles. The van der Waals surface area contributed by atoms with E-state index < -0.39 is 0 Å². The highest BCUT2D eigenvalue weighted by molar-refractivity contribution is 7.09. The number of esters is 1. The minimum Gasteiger partial charge on any atom is -0.465 e. The summed E-state index contributed by atoms with van der Waals surface area (Å²) in [7, 11) is 1.37. The van der Waals surface area contributed by atoms with Gasteiger partial charge in [0.1, 0.15) is 4.88 Å². The van der Waals surface area contributed by atoms with Crippen LogP contribution in [0.4, 0.5) is 0 Å². The number of benzene rings is 1. The summed E-state index contributed by atoms with van der Waals surface area (Å²) in [4.78, 5) is 11.8. The summed E-state index contributed by atoms with van der Waals surface area (Å²) in [5.41, 5.74) is 0.841.